The molecule has 6 nitrogen and oxygen atoms in total. The quantitative estimate of drug-likeness (QED) is 0.796. The lowest BCUT2D eigenvalue weighted by atomic mass is 10.2. The second-order valence-corrected chi connectivity index (χ2v) is 4.97. The van der Waals surface area contributed by atoms with E-state index in [1.165, 1.54) is 0 Å². The van der Waals surface area contributed by atoms with Gasteiger partial charge in [0.2, 0.25) is 0 Å². The third kappa shape index (κ3) is 2.29. The van der Waals surface area contributed by atoms with Crippen LogP contribution in [0.1, 0.15) is 28.7 Å². The number of para-hydroxylation sites is 1. The highest BCUT2D eigenvalue weighted by molar-refractivity contribution is 6.01. The van der Waals surface area contributed by atoms with Gasteiger partial charge in [-0.3, -0.25) is 4.68 Å². The number of hydrogen-bond acceptors (Lipinski definition) is 3. The summed E-state index contributed by atoms with van der Waals surface area (Å²) in [5.41, 5.74) is 2.70. The Morgan fingerprint density at radius 2 is 2.19 bits per heavy atom. The number of nitrogens with zero attached hydrogens (tertiary/aromatic N) is 4. The molecule has 0 unspecified atom stereocenters. The maximum atomic E-state index is 11.3. The fraction of sp³-hybridized carbons (Fsp3) is 0.267. The van der Waals surface area contributed by atoms with Crippen molar-refractivity contribution >= 4 is 17.0 Å². The predicted octanol–water partition coefficient (Wildman–Crippen LogP) is 2.08. The van der Waals surface area contributed by atoms with E-state index in [1.54, 1.807) is 16.8 Å². The lowest BCUT2D eigenvalue weighted by Gasteiger charge is -2.06. The Hall–Kier alpha value is -2.63. The van der Waals surface area contributed by atoms with Gasteiger partial charge in [0, 0.05) is 25.2 Å². The molecule has 0 radical (unpaired) electrons. The molecule has 0 spiro atoms. The van der Waals surface area contributed by atoms with E-state index in [1.807, 2.05) is 32.4 Å². The van der Waals surface area contributed by atoms with Crippen LogP contribution >= 0.6 is 0 Å². The van der Waals surface area contributed by atoms with Crippen LogP contribution in [0, 0.1) is 0 Å². The van der Waals surface area contributed by atoms with Gasteiger partial charge in [0.25, 0.3) is 0 Å². The van der Waals surface area contributed by atoms with Crippen LogP contribution in [0.5, 0.6) is 0 Å². The van der Waals surface area contributed by atoms with Gasteiger partial charge in [-0.2, -0.15) is 5.10 Å². The van der Waals surface area contributed by atoms with Gasteiger partial charge in [0.1, 0.15) is 11.3 Å². The topological polar surface area (TPSA) is 72.9 Å². The second kappa shape index (κ2) is 5.05. The summed E-state index contributed by atoms with van der Waals surface area (Å²) in [6.45, 7) is 2.65. The van der Waals surface area contributed by atoms with Gasteiger partial charge < -0.3 is 9.67 Å². The van der Waals surface area contributed by atoms with Crippen molar-refractivity contribution in [3.05, 3.63) is 47.5 Å². The van der Waals surface area contributed by atoms with Crippen molar-refractivity contribution in [2.24, 2.45) is 7.05 Å². The first-order chi connectivity index (χ1) is 10.1. The number of imidazole rings is 1. The molecule has 21 heavy (non-hydrogen) atoms. The average molecular weight is 284 g/mol. The Balaban J connectivity index is 2.16. The minimum Gasteiger partial charge on any atom is -0.478 e. The summed E-state index contributed by atoms with van der Waals surface area (Å²) in [4.78, 5) is 15.8. The van der Waals surface area contributed by atoms with Crippen LogP contribution in [0.2, 0.25) is 0 Å². The Bertz CT molecular complexity index is 816. The number of benzene rings is 1. The monoisotopic (exact) mass is 284 g/mol. The van der Waals surface area contributed by atoms with Crippen molar-refractivity contribution in [1.29, 1.82) is 0 Å². The molecular formula is C15H16N4O2. The molecule has 0 bridgehead atoms. The van der Waals surface area contributed by atoms with Gasteiger partial charge in [-0.25, -0.2) is 9.78 Å². The summed E-state index contributed by atoms with van der Waals surface area (Å²) in [6, 6.07) is 5.25. The Morgan fingerprint density at radius 1 is 1.38 bits per heavy atom. The molecule has 0 aliphatic heterocycles. The largest absolute Gasteiger partial charge is 0.478 e. The number of aromatic carboxylic acids is 1. The maximum absolute atomic E-state index is 11.3. The van der Waals surface area contributed by atoms with Crippen molar-refractivity contribution in [3.63, 3.8) is 0 Å². The molecule has 108 valence electrons. The zero-order valence-electron chi connectivity index (χ0n) is 11.9. The van der Waals surface area contributed by atoms with Crippen LogP contribution < -0.4 is 0 Å². The Morgan fingerprint density at radius 3 is 2.81 bits per heavy atom. The van der Waals surface area contributed by atoms with E-state index >= 15 is 0 Å². The van der Waals surface area contributed by atoms with E-state index in [0.29, 0.717) is 12.1 Å². The number of rotatable bonds is 4. The average Bonchev–Trinajstić information content (AvgIpc) is 3.03. The van der Waals surface area contributed by atoms with Gasteiger partial charge >= 0.3 is 5.97 Å². The maximum Gasteiger partial charge on any atom is 0.337 e. The molecule has 2 aromatic heterocycles. The molecule has 0 saturated carbocycles. The third-order valence-corrected chi connectivity index (χ3v) is 3.50. The van der Waals surface area contributed by atoms with E-state index in [4.69, 9.17) is 0 Å². The lowest BCUT2D eigenvalue weighted by Crippen LogP contribution is -2.04. The summed E-state index contributed by atoms with van der Waals surface area (Å²) in [6.07, 6.45) is 4.51. The molecule has 6 heteroatoms. The standard InChI is InChI=1S/C15H16N4O2/c1-3-13-17-14-11(15(20)21)5-4-6-12(14)19(13)9-10-7-16-18(2)8-10/h4-8H,3,9H2,1-2H3,(H,20,21). The number of carboxylic acids is 1. The van der Waals surface area contributed by atoms with Gasteiger partial charge in [0.15, 0.2) is 0 Å². The lowest BCUT2D eigenvalue weighted by molar-refractivity contribution is 0.0699. The van der Waals surface area contributed by atoms with Crippen molar-refractivity contribution < 1.29 is 9.90 Å². The predicted molar refractivity (Wildman–Crippen MR) is 78.4 cm³/mol. The first-order valence-corrected chi connectivity index (χ1v) is 6.79. The molecule has 3 aromatic rings. The highest BCUT2D eigenvalue weighted by Gasteiger charge is 2.16. The number of hydrogen-bond donors (Lipinski definition) is 1. The third-order valence-electron chi connectivity index (χ3n) is 3.50. The smallest absolute Gasteiger partial charge is 0.337 e. The summed E-state index contributed by atoms with van der Waals surface area (Å²) in [5, 5.41) is 13.5. The SMILES string of the molecule is CCc1nc2c(C(=O)O)cccc2n1Cc1cnn(C)c1. The fourth-order valence-corrected chi connectivity index (χ4v) is 2.55. The Labute approximate surface area is 121 Å². The van der Waals surface area contributed by atoms with Gasteiger partial charge in [-0.15, -0.1) is 0 Å². The van der Waals surface area contributed by atoms with Crippen molar-refractivity contribution in [2.45, 2.75) is 19.9 Å². The highest BCUT2D eigenvalue weighted by Crippen LogP contribution is 2.22. The first-order valence-electron chi connectivity index (χ1n) is 6.79. The molecule has 0 fully saturated rings. The number of fused-ring (bicyclic) bond motifs is 1. The highest BCUT2D eigenvalue weighted by atomic mass is 16.4. The molecular weight excluding hydrogens is 268 g/mol. The van der Waals surface area contributed by atoms with Crippen LogP contribution in [-0.2, 0) is 20.0 Å². The van der Waals surface area contributed by atoms with E-state index in [2.05, 4.69) is 14.6 Å². The number of aromatic nitrogens is 4. The van der Waals surface area contributed by atoms with Crippen LogP contribution in [0.4, 0.5) is 0 Å². The number of carboxylic acid groups (broad SMARTS) is 1. The molecule has 3 rings (SSSR count). The van der Waals surface area contributed by atoms with E-state index in [9.17, 15) is 9.90 Å². The van der Waals surface area contributed by atoms with Crippen LogP contribution in [0.3, 0.4) is 0 Å². The number of carbonyl (C=O) groups is 1. The minimum absolute atomic E-state index is 0.243. The molecule has 0 amide bonds. The molecule has 0 atom stereocenters. The van der Waals surface area contributed by atoms with E-state index < -0.39 is 5.97 Å². The fourth-order valence-electron chi connectivity index (χ4n) is 2.55. The zero-order valence-corrected chi connectivity index (χ0v) is 11.9. The van der Waals surface area contributed by atoms with Crippen LogP contribution in [0.25, 0.3) is 11.0 Å². The van der Waals surface area contributed by atoms with Crippen molar-refractivity contribution in [3.8, 4) is 0 Å². The van der Waals surface area contributed by atoms with Crippen molar-refractivity contribution in [2.75, 3.05) is 0 Å². The summed E-state index contributed by atoms with van der Waals surface area (Å²) >= 11 is 0. The zero-order chi connectivity index (χ0) is 15.0. The second-order valence-electron chi connectivity index (χ2n) is 4.97. The van der Waals surface area contributed by atoms with Crippen molar-refractivity contribution in [1.82, 2.24) is 19.3 Å². The van der Waals surface area contributed by atoms with Gasteiger partial charge in [0.05, 0.1) is 23.8 Å². The summed E-state index contributed by atoms with van der Waals surface area (Å²) in [5.74, 6) is -0.0724. The van der Waals surface area contributed by atoms with Gasteiger partial charge in [-0.1, -0.05) is 13.0 Å². The molecule has 1 aromatic carbocycles. The number of aryl methyl sites for hydroxylation is 2. The molecule has 0 aliphatic carbocycles. The summed E-state index contributed by atoms with van der Waals surface area (Å²) in [7, 11) is 1.87. The molecule has 0 aliphatic rings. The molecule has 0 saturated heterocycles. The molecule has 2 heterocycles. The minimum atomic E-state index is -0.950. The van der Waals surface area contributed by atoms with Gasteiger partial charge in [-0.05, 0) is 12.1 Å². The Kier molecular flexibility index (Phi) is 3.21. The van der Waals surface area contributed by atoms with E-state index in [0.717, 1.165) is 23.3 Å². The van der Waals surface area contributed by atoms with Crippen LogP contribution in [0.15, 0.2) is 30.6 Å². The first kappa shape index (κ1) is 13.4. The van der Waals surface area contributed by atoms with E-state index in [-0.39, 0.29) is 5.56 Å². The normalized spacial score (nSPS) is 11.1. The summed E-state index contributed by atoms with van der Waals surface area (Å²) < 4.78 is 3.81. The van der Waals surface area contributed by atoms with Crippen LogP contribution in [-0.4, -0.2) is 30.4 Å². The molecule has 1 N–H and O–H groups in total.